The third-order valence-corrected chi connectivity index (χ3v) is 3.25. The topological polar surface area (TPSA) is 35.2 Å². The lowest BCUT2D eigenvalue weighted by Crippen LogP contribution is -2.37. The lowest BCUT2D eigenvalue weighted by atomic mass is 10.0. The van der Waals surface area contributed by atoms with E-state index in [2.05, 4.69) is 0 Å². The first-order chi connectivity index (χ1) is 5.34. The van der Waals surface area contributed by atoms with Crippen LogP contribution in [0.2, 0.25) is 0 Å². The molecule has 0 aromatic rings. The van der Waals surface area contributed by atoms with Gasteiger partial charge in [-0.15, -0.1) is 0 Å². The van der Waals surface area contributed by atoms with Crippen molar-refractivity contribution in [2.24, 2.45) is 5.73 Å². The van der Waals surface area contributed by atoms with Crippen molar-refractivity contribution in [1.82, 2.24) is 0 Å². The fourth-order valence-electron chi connectivity index (χ4n) is 1.42. The molecule has 1 heterocycles. The highest BCUT2D eigenvalue weighted by atomic mass is 32.2. The molecule has 11 heavy (non-hydrogen) atoms. The number of thioether (sulfide) groups is 1. The van der Waals surface area contributed by atoms with Crippen LogP contribution < -0.4 is 5.73 Å². The Labute approximate surface area is 72.9 Å². The van der Waals surface area contributed by atoms with E-state index in [9.17, 15) is 0 Å². The summed E-state index contributed by atoms with van der Waals surface area (Å²) in [6.45, 7) is 0. The molecule has 2 N–H and O–H groups in total. The van der Waals surface area contributed by atoms with Gasteiger partial charge in [-0.3, -0.25) is 0 Å². The maximum absolute atomic E-state index is 5.92. The van der Waals surface area contributed by atoms with E-state index < -0.39 is 0 Å². The molecule has 2 unspecified atom stereocenters. The molecule has 0 radical (unpaired) electrons. The molecule has 2 atom stereocenters. The smallest absolute Gasteiger partial charge is 0.0730 e. The van der Waals surface area contributed by atoms with Gasteiger partial charge in [0.15, 0.2) is 0 Å². The van der Waals surface area contributed by atoms with E-state index in [0.717, 1.165) is 12.8 Å². The van der Waals surface area contributed by atoms with Gasteiger partial charge in [-0.05, 0) is 30.8 Å². The van der Waals surface area contributed by atoms with Crippen LogP contribution in [0.3, 0.4) is 0 Å². The summed E-state index contributed by atoms with van der Waals surface area (Å²) < 4.78 is 5.30. The molecule has 1 rings (SSSR count). The predicted molar refractivity (Wildman–Crippen MR) is 49.9 cm³/mol. The molecule has 0 spiro atoms. The zero-order valence-corrected chi connectivity index (χ0v) is 7.90. The average molecular weight is 175 g/mol. The van der Waals surface area contributed by atoms with Crippen LogP contribution in [0.4, 0.5) is 0 Å². The van der Waals surface area contributed by atoms with Crippen LogP contribution in [0.25, 0.3) is 0 Å². The van der Waals surface area contributed by atoms with Gasteiger partial charge in [0.25, 0.3) is 0 Å². The molecule has 0 bridgehead atoms. The Kier molecular flexibility index (Phi) is 4.26. The van der Waals surface area contributed by atoms with Crippen molar-refractivity contribution in [3.05, 3.63) is 0 Å². The van der Waals surface area contributed by atoms with E-state index >= 15 is 0 Å². The molecule has 0 aliphatic carbocycles. The minimum Gasteiger partial charge on any atom is -0.380 e. The zero-order chi connectivity index (χ0) is 8.10. The summed E-state index contributed by atoms with van der Waals surface area (Å²) in [6.07, 6.45) is 3.77. The lowest BCUT2D eigenvalue weighted by Gasteiger charge is -2.24. The largest absolute Gasteiger partial charge is 0.380 e. The molecule has 66 valence electrons. The van der Waals surface area contributed by atoms with Crippen molar-refractivity contribution in [2.75, 3.05) is 18.6 Å². The normalized spacial score (nSPS) is 34.4. The fourth-order valence-corrected chi connectivity index (χ4v) is 2.39. The second-order valence-corrected chi connectivity index (χ2v) is 4.21. The highest BCUT2D eigenvalue weighted by Gasteiger charge is 2.18. The van der Waals surface area contributed by atoms with Gasteiger partial charge in [0, 0.05) is 13.2 Å². The molecule has 3 heteroatoms. The quantitative estimate of drug-likeness (QED) is 0.651. The van der Waals surface area contributed by atoms with Crippen molar-refractivity contribution in [3.8, 4) is 0 Å². The van der Waals surface area contributed by atoms with Gasteiger partial charge in [0.1, 0.15) is 0 Å². The van der Waals surface area contributed by atoms with Crippen LogP contribution in [0.5, 0.6) is 0 Å². The lowest BCUT2D eigenvalue weighted by molar-refractivity contribution is 0.0749. The number of ether oxygens (including phenoxy) is 1. The standard InChI is InChI=1S/C8H17NOS/c1-10-8-4-6-11-5-2-3-7(8)9/h7-8H,2-6,9H2,1H3. The third-order valence-electron chi connectivity index (χ3n) is 2.15. The minimum absolute atomic E-state index is 0.265. The van der Waals surface area contributed by atoms with Crippen LogP contribution in [0.15, 0.2) is 0 Å². The summed E-state index contributed by atoms with van der Waals surface area (Å²) in [5.41, 5.74) is 5.92. The van der Waals surface area contributed by atoms with Crippen LogP contribution in [-0.2, 0) is 4.74 Å². The van der Waals surface area contributed by atoms with Crippen molar-refractivity contribution in [1.29, 1.82) is 0 Å². The van der Waals surface area contributed by atoms with Crippen LogP contribution in [-0.4, -0.2) is 30.8 Å². The molecular weight excluding hydrogens is 158 g/mol. The molecule has 1 saturated heterocycles. The second-order valence-electron chi connectivity index (χ2n) is 2.98. The molecule has 0 amide bonds. The molecule has 1 fully saturated rings. The maximum Gasteiger partial charge on any atom is 0.0730 e. The van der Waals surface area contributed by atoms with Crippen LogP contribution in [0, 0.1) is 0 Å². The number of hydrogen-bond acceptors (Lipinski definition) is 3. The number of hydrogen-bond donors (Lipinski definition) is 1. The van der Waals surface area contributed by atoms with Crippen molar-refractivity contribution in [3.63, 3.8) is 0 Å². The van der Waals surface area contributed by atoms with Gasteiger partial charge >= 0.3 is 0 Å². The first kappa shape index (κ1) is 9.36. The average Bonchev–Trinajstić information content (AvgIpc) is 1.98. The van der Waals surface area contributed by atoms with Crippen LogP contribution in [0.1, 0.15) is 19.3 Å². The van der Waals surface area contributed by atoms with E-state index in [1.165, 1.54) is 17.9 Å². The Morgan fingerprint density at radius 3 is 2.91 bits per heavy atom. The summed E-state index contributed by atoms with van der Waals surface area (Å²) >= 11 is 2.01. The van der Waals surface area contributed by atoms with E-state index in [0.29, 0.717) is 6.10 Å². The summed E-state index contributed by atoms with van der Waals surface area (Å²) in [5, 5.41) is 0. The van der Waals surface area contributed by atoms with E-state index in [4.69, 9.17) is 10.5 Å². The first-order valence-electron chi connectivity index (χ1n) is 4.20. The molecule has 0 aromatic carbocycles. The molecule has 1 aliphatic rings. The summed E-state index contributed by atoms with van der Waals surface area (Å²) in [6, 6.07) is 0.265. The third kappa shape index (κ3) is 3.01. The summed E-state index contributed by atoms with van der Waals surface area (Å²) in [7, 11) is 1.76. The number of nitrogens with two attached hydrogens (primary N) is 1. The van der Waals surface area contributed by atoms with Crippen molar-refractivity contribution < 1.29 is 4.74 Å². The maximum atomic E-state index is 5.92. The summed E-state index contributed by atoms with van der Waals surface area (Å²) in [4.78, 5) is 0. The Balaban J connectivity index is 2.33. The van der Waals surface area contributed by atoms with Crippen LogP contribution >= 0.6 is 11.8 Å². The van der Waals surface area contributed by atoms with E-state index in [1.54, 1.807) is 7.11 Å². The van der Waals surface area contributed by atoms with Gasteiger partial charge in [0.05, 0.1) is 6.10 Å². The molecule has 1 aliphatic heterocycles. The van der Waals surface area contributed by atoms with Crippen molar-refractivity contribution >= 4 is 11.8 Å². The van der Waals surface area contributed by atoms with Gasteiger partial charge in [-0.1, -0.05) is 0 Å². The van der Waals surface area contributed by atoms with Gasteiger partial charge in [-0.25, -0.2) is 0 Å². The van der Waals surface area contributed by atoms with Gasteiger partial charge in [0.2, 0.25) is 0 Å². The van der Waals surface area contributed by atoms with E-state index in [1.807, 2.05) is 11.8 Å². The highest BCUT2D eigenvalue weighted by molar-refractivity contribution is 7.99. The monoisotopic (exact) mass is 175 g/mol. The Morgan fingerprint density at radius 1 is 1.36 bits per heavy atom. The zero-order valence-electron chi connectivity index (χ0n) is 7.08. The molecule has 2 nitrogen and oxygen atoms in total. The Morgan fingerprint density at radius 2 is 2.18 bits per heavy atom. The van der Waals surface area contributed by atoms with Gasteiger partial charge in [-0.2, -0.15) is 11.8 Å². The van der Waals surface area contributed by atoms with Crippen molar-refractivity contribution in [2.45, 2.75) is 31.4 Å². The highest BCUT2D eigenvalue weighted by Crippen LogP contribution is 2.17. The molecule has 0 aromatic heterocycles. The summed E-state index contributed by atoms with van der Waals surface area (Å²) in [5.74, 6) is 2.47. The van der Waals surface area contributed by atoms with E-state index in [-0.39, 0.29) is 6.04 Å². The minimum atomic E-state index is 0.265. The fraction of sp³-hybridized carbons (Fsp3) is 1.00. The second kappa shape index (κ2) is 5.01. The Bertz CT molecular complexity index is 110. The first-order valence-corrected chi connectivity index (χ1v) is 5.36. The number of rotatable bonds is 1. The molecule has 0 saturated carbocycles. The number of methoxy groups -OCH3 is 1. The van der Waals surface area contributed by atoms with Gasteiger partial charge < -0.3 is 10.5 Å². The molecular formula is C8H17NOS. The predicted octanol–water partition coefficient (Wildman–Crippen LogP) is 1.25. The SMILES string of the molecule is COC1CCSCCCC1N. The Hall–Kier alpha value is 0.270.